The number of rotatable bonds is 4. The molecule has 9 heavy (non-hydrogen) atoms. The van der Waals surface area contributed by atoms with Gasteiger partial charge in [0.2, 0.25) is 0 Å². The van der Waals surface area contributed by atoms with Crippen LogP contribution in [0.15, 0.2) is 0 Å². The summed E-state index contributed by atoms with van der Waals surface area (Å²) in [5.74, 6) is 0. The summed E-state index contributed by atoms with van der Waals surface area (Å²) in [6.45, 7) is 6.78. The minimum absolute atomic E-state index is 0.937. The Hall–Kier alpha value is 0.709. The molecule has 0 aliphatic heterocycles. The zero-order chi connectivity index (χ0) is 7.33. The summed E-state index contributed by atoms with van der Waals surface area (Å²) >= 11 is 0.937. The Morgan fingerprint density at radius 2 is 1.44 bits per heavy atom. The molecule has 0 amide bonds. The van der Waals surface area contributed by atoms with E-state index in [-0.39, 0.29) is 0 Å². The fourth-order valence-corrected chi connectivity index (χ4v) is 6.15. The van der Waals surface area contributed by atoms with Gasteiger partial charge in [-0.2, -0.15) is 0 Å². The third kappa shape index (κ3) is 2.43. The van der Waals surface area contributed by atoms with Gasteiger partial charge >= 0.3 is 16.6 Å². The van der Waals surface area contributed by atoms with Crippen molar-refractivity contribution in [3.63, 3.8) is 0 Å². The van der Waals surface area contributed by atoms with E-state index < -0.39 is 8.32 Å². The van der Waals surface area contributed by atoms with Crippen LogP contribution in [0, 0.1) is 0 Å². The second-order valence-corrected chi connectivity index (χ2v) is 8.57. The van der Waals surface area contributed by atoms with Gasteiger partial charge in [-0.15, -0.1) is 0 Å². The Kier molecular flexibility index (Phi) is 4.87. The van der Waals surface area contributed by atoms with E-state index >= 15 is 0 Å². The molecule has 0 saturated heterocycles. The largest absolute Gasteiger partial charge is 0.550 e. The van der Waals surface area contributed by atoms with Crippen LogP contribution in [0.1, 0.15) is 20.8 Å². The molecule has 0 fully saturated rings. The average Bonchev–Trinajstić information content (AvgIpc) is 1.95. The van der Waals surface area contributed by atoms with Gasteiger partial charge in [-0.1, -0.05) is 20.8 Å². The molecule has 54 valence electrons. The lowest BCUT2D eigenvalue weighted by Gasteiger charge is -2.27. The van der Waals surface area contributed by atoms with Gasteiger partial charge in [-0.25, -0.2) is 0 Å². The van der Waals surface area contributed by atoms with E-state index in [0.29, 0.717) is 0 Å². The van der Waals surface area contributed by atoms with Crippen molar-refractivity contribution in [3.05, 3.63) is 0 Å². The molecule has 0 bridgehead atoms. The summed E-state index contributed by atoms with van der Waals surface area (Å²) in [5.41, 5.74) is 0. The van der Waals surface area contributed by atoms with E-state index in [9.17, 15) is 0 Å². The minimum Gasteiger partial charge on any atom is -0.550 e. The Morgan fingerprint density at radius 3 is 1.44 bits per heavy atom. The smallest absolute Gasteiger partial charge is 0.399 e. The van der Waals surface area contributed by atoms with Crippen molar-refractivity contribution < 1.29 is 3.48 Å². The second kappa shape index (κ2) is 4.51. The van der Waals surface area contributed by atoms with Crippen LogP contribution in [0.5, 0.6) is 0 Å². The highest BCUT2D eigenvalue weighted by atomic mass is 28.4. The van der Waals surface area contributed by atoms with Crippen molar-refractivity contribution in [3.8, 4) is 0 Å². The zero-order valence-corrected chi connectivity index (χ0v) is 10.0. The van der Waals surface area contributed by atoms with Crippen LogP contribution in [-0.2, 0) is 3.48 Å². The molecule has 0 radical (unpaired) electrons. The lowest BCUT2D eigenvalue weighted by Crippen LogP contribution is -2.34. The van der Waals surface area contributed by atoms with Crippen LogP contribution >= 0.6 is 0 Å². The van der Waals surface area contributed by atoms with Crippen molar-refractivity contribution >= 4 is 24.9 Å². The lowest BCUT2D eigenvalue weighted by molar-refractivity contribution is 0.587. The fraction of sp³-hybridized carbons (Fsp3) is 1.00. The van der Waals surface area contributed by atoms with Gasteiger partial charge in [-0.3, -0.25) is 0 Å². The molecule has 0 rings (SSSR count). The molecule has 1 nitrogen and oxygen atoms in total. The molecule has 0 saturated carbocycles. The minimum atomic E-state index is -1.13. The predicted octanol–water partition coefficient (Wildman–Crippen LogP) is 1.56. The van der Waals surface area contributed by atoms with Crippen LogP contribution in [0.3, 0.4) is 0 Å². The molecule has 0 aliphatic carbocycles. The van der Waals surface area contributed by atoms with Gasteiger partial charge in [0.1, 0.15) is 0 Å². The standard InChI is InChI=1S/C6H15OSi.Al.2H/c1-4-8(7,5-2)6-3;;;/h4-6H2,1-3H3;;;/q-1;+1;;. The van der Waals surface area contributed by atoms with Crippen LogP contribution < -0.4 is 0 Å². The summed E-state index contributed by atoms with van der Waals surface area (Å²) < 4.78 is 5.66. The normalized spacial score (nSPS) is 11.9. The molecule has 0 unspecified atom stereocenters. The summed E-state index contributed by atoms with van der Waals surface area (Å²) in [6.07, 6.45) is 0. The molecule has 0 aromatic heterocycles. The van der Waals surface area contributed by atoms with Crippen molar-refractivity contribution in [2.75, 3.05) is 0 Å². The first-order valence-corrected chi connectivity index (χ1v) is 7.14. The summed E-state index contributed by atoms with van der Waals surface area (Å²) in [7, 11) is -1.13. The fourth-order valence-electron chi connectivity index (χ4n) is 1.18. The first kappa shape index (κ1) is 9.71. The zero-order valence-electron chi connectivity index (χ0n) is 7.03. The van der Waals surface area contributed by atoms with Gasteiger partial charge in [0.25, 0.3) is 0 Å². The molecular formula is C6H17AlOSi. The van der Waals surface area contributed by atoms with Crippen LogP contribution in [0.2, 0.25) is 18.1 Å². The molecule has 0 heterocycles. The van der Waals surface area contributed by atoms with Gasteiger partial charge in [0.15, 0.2) is 8.32 Å². The van der Waals surface area contributed by atoms with E-state index in [0.717, 1.165) is 16.6 Å². The first-order chi connectivity index (χ1) is 4.24. The number of hydrogen-bond donors (Lipinski definition) is 0. The predicted molar refractivity (Wildman–Crippen MR) is 46.8 cm³/mol. The summed E-state index contributed by atoms with van der Waals surface area (Å²) in [6, 6.07) is 3.89. The maximum Gasteiger partial charge on any atom is 0.399 e. The van der Waals surface area contributed by atoms with Gasteiger partial charge in [0, 0.05) is 0 Å². The van der Waals surface area contributed by atoms with E-state index in [1.807, 2.05) is 0 Å². The Labute approximate surface area is 67.7 Å². The average molecular weight is 160 g/mol. The van der Waals surface area contributed by atoms with Gasteiger partial charge in [-0.05, 0) is 18.1 Å². The summed E-state index contributed by atoms with van der Waals surface area (Å²) in [4.78, 5) is 0. The highest BCUT2D eigenvalue weighted by molar-refractivity contribution is 6.75. The van der Waals surface area contributed by atoms with Crippen molar-refractivity contribution in [2.45, 2.75) is 38.9 Å². The third-order valence-corrected chi connectivity index (χ3v) is 9.70. The van der Waals surface area contributed by atoms with E-state index in [4.69, 9.17) is 3.48 Å². The van der Waals surface area contributed by atoms with Crippen LogP contribution in [0.25, 0.3) is 0 Å². The second-order valence-electron chi connectivity index (χ2n) is 2.45. The number of hydrogen-bond acceptors (Lipinski definition) is 1. The molecule has 0 aliphatic rings. The van der Waals surface area contributed by atoms with Crippen molar-refractivity contribution in [1.82, 2.24) is 0 Å². The highest BCUT2D eigenvalue weighted by Crippen LogP contribution is 2.19. The SMILES string of the molecule is CC[Si](CC)(CC)[O][AlH2]. The molecule has 3 heteroatoms. The maximum absolute atomic E-state index is 5.66. The van der Waals surface area contributed by atoms with Crippen LogP contribution in [0.4, 0.5) is 0 Å². The maximum atomic E-state index is 5.66. The monoisotopic (exact) mass is 160 g/mol. The molecule has 0 spiro atoms. The first-order valence-electron chi connectivity index (χ1n) is 3.79. The van der Waals surface area contributed by atoms with Crippen molar-refractivity contribution in [1.29, 1.82) is 0 Å². The molecule has 0 aromatic carbocycles. The Bertz CT molecular complexity index is 55.9. The molecular weight excluding hydrogens is 143 g/mol. The van der Waals surface area contributed by atoms with E-state index in [1.54, 1.807) is 0 Å². The quantitative estimate of drug-likeness (QED) is 0.567. The topological polar surface area (TPSA) is 9.23 Å². The molecule has 0 atom stereocenters. The molecule has 0 aromatic rings. The third-order valence-electron chi connectivity index (χ3n) is 2.37. The van der Waals surface area contributed by atoms with Crippen LogP contribution in [-0.4, -0.2) is 24.9 Å². The van der Waals surface area contributed by atoms with E-state index in [2.05, 4.69) is 20.8 Å². The van der Waals surface area contributed by atoms with E-state index in [1.165, 1.54) is 18.1 Å². The summed E-state index contributed by atoms with van der Waals surface area (Å²) in [5, 5.41) is 0. The lowest BCUT2D eigenvalue weighted by atomic mass is 10.9. The van der Waals surface area contributed by atoms with Crippen molar-refractivity contribution in [2.24, 2.45) is 0 Å². The Morgan fingerprint density at radius 1 is 1.11 bits per heavy atom. The van der Waals surface area contributed by atoms with Gasteiger partial charge in [0.05, 0.1) is 0 Å². The highest BCUT2D eigenvalue weighted by Gasteiger charge is 2.24. The van der Waals surface area contributed by atoms with Gasteiger partial charge < -0.3 is 3.48 Å². The molecule has 0 N–H and O–H groups in total. The Balaban J connectivity index is 3.82.